The third-order valence-corrected chi connectivity index (χ3v) is 5.52. The van der Waals surface area contributed by atoms with Crippen molar-refractivity contribution in [1.82, 2.24) is 0 Å². The highest BCUT2D eigenvalue weighted by Gasteiger charge is 2.18. The third-order valence-electron chi connectivity index (χ3n) is 3.28. The molecular formula is C15H13N3OS2. The SMILES string of the molecule is N#Cc1ccc(NC(=O)c2cc3c(s2)CCSC3)c(N)c1. The number of aryl methyl sites for hydroxylation is 1. The van der Waals surface area contributed by atoms with Crippen LogP contribution in [0.3, 0.4) is 0 Å². The van der Waals surface area contributed by atoms with Crippen LogP contribution in [-0.2, 0) is 12.2 Å². The Labute approximate surface area is 131 Å². The molecule has 0 saturated carbocycles. The Morgan fingerprint density at radius 3 is 2.95 bits per heavy atom. The van der Waals surface area contributed by atoms with Crippen molar-refractivity contribution in [2.75, 3.05) is 16.8 Å². The molecule has 3 N–H and O–H groups in total. The zero-order valence-electron chi connectivity index (χ0n) is 11.2. The van der Waals surface area contributed by atoms with Crippen molar-refractivity contribution in [3.8, 4) is 6.07 Å². The van der Waals surface area contributed by atoms with Gasteiger partial charge in [0.05, 0.1) is 27.9 Å². The van der Waals surface area contributed by atoms with Gasteiger partial charge in [-0.1, -0.05) is 0 Å². The summed E-state index contributed by atoms with van der Waals surface area (Å²) < 4.78 is 0. The summed E-state index contributed by atoms with van der Waals surface area (Å²) in [7, 11) is 0. The topological polar surface area (TPSA) is 78.9 Å². The van der Waals surface area contributed by atoms with Gasteiger partial charge in [-0.3, -0.25) is 4.79 Å². The Morgan fingerprint density at radius 1 is 1.38 bits per heavy atom. The second kappa shape index (κ2) is 5.80. The van der Waals surface area contributed by atoms with Gasteiger partial charge < -0.3 is 11.1 Å². The Bertz CT molecular complexity index is 722. The molecule has 0 aliphatic carbocycles. The molecule has 106 valence electrons. The number of thioether (sulfide) groups is 1. The summed E-state index contributed by atoms with van der Waals surface area (Å²) in [5.74, 6) is 1.96. The minimum absolute atomic E-state index is 0.143. The quantitative estimate of drug-likeness (QED) is 0.834. The molecule has 0 spiro atoms. The van der Waals surface area contributed by atoms with Crippen LogP contribution in [0.2, 0.25) is 0 Å². The number of carbonyl (C=O) groups is 1. The molecule has 1 aliphatic heterocycles. The average Bonchev–Trinajstić information content (AvgIpc) is 2.93. The summed E-state index contributed by atoms with van der Waals surface area (Å²) in [6.45, 7) is 0. The first-order valence-corrected chi connectivity index (χ1v) is 8.45. The second-order valence-corrected chi connectivity index (χ2v) is 6.97. The van der Waals surface area contributed by atoms with E-state index in [1.54, 1.807) is 29.5 Å². The number of hydrogen-bond donors (Lipinski definition) is 2. The molecule has 2 aromatic rings. The lowest BCUT2D eigenvalue weighted by Crippen LogP contribution is -2.11. The molecule has 4 nitrogen and oxygen atoms in total. The molecule has 1 aliphatic rings. The molecule has 0 unspecified atom stereocenters. The van der Waals surface area contributed by atoms with Crippen molar-refractivity contribution in [3.63, 3.8) is 0 Å². The van der Waals surface area contributed by atoms with Crippen molar-refractivity contribution in [2.45, 2.75) is 12.2 Å². The number of nitrogens with one attached hydrogen (secondary N) is 1. The summed E-state index contributed by atoms with van der Waals surface area (Å²) in [5.41, 5.74) is 8.55. The lowest BCUT2D eigenvalue weighted by molar-refractivity contribution is 0.103. The molecule has 0 fully saturated rings. The number of hydrogen-bond acceptors (Lipinski definition) is 5. The molecule has 1 aromatic carbocycles. The summed E-state index contributed by atoms with van der Waals surface area (Å²) in [6.07, 6.45) is 1.04. The van der Waals surface area contributed by atoms with E-state index in [1.165, 1.54) is 10.4 Å². The largest absolute Gasteiger partial charge is 0.397 e. The molecule has 0 saturated heterocycles. The van der Waals surface area contributed by atoms with Crippen LogP contribution in [0.1, 0.15) is 25.7 Å². The van der Waals surface area contributed by atoms with E-state index < -0.39 is 0 Å². The smallest absolute Gasteiger partial charge is 0.265 e. The molecule has 1 aromatic heterocycles. The van der Waals surface area contributed by atoms with E-state index >= 15 is 0 Å². The van der Waals surface area contributed by atoms with Crippen LogP contribution in [0.15, 0.2) is 24.3 Å². The molecule has 21 heavy (non-hydrogen) atoms. The maximum absolute atomic E-state index is 12.3. The van der Waals surface area contributed by atoms with Gasteiger partial charge in [-0.15, -0.1) is 11.3 Å². The van der Waals surface area contributed by atoms with Crippen molar-refractivity contribution in [2.24, 2.45) is 0 Å². The first-order chi connectivity index (χ1) is 10.2. The molecule has 2 heterocycles. The van der Waals surface area contributed by atoms with Crippen LogP contribution >= 0.6 is 23.1 Å². The normalized spacial score (nSPS) is 13.3. The van der Waals surface area contributed by atoms with E-state index in [0.29, 0.717) is 21.8 Å². The summed E-state index contributed by atoms with van der Waals surface area (Å²) in [4.78, 5) is 14.3. The lowest BCUT2D eigenvalue weighted by atomic mass is 10.2. The predicted molar refractivity (Wildman–Crippen MR) is 87.7 cm³/mol. The third kappa shape index (κ3) is 2.89. The van der Waals surface area contributed by atoms with Crippen molar-refractivity contribution >= 4 is 40.4 Å². The number of rotatable bonds is 2. The van der Waals surface area contributed by atoms with Crippen molar-refractivity contribution < 1.29 is 4.79 Å². The fourth-order valence-corrected chi connectivity index (χ4v) is 4.46. The van der Waals surface area contributed by atoms with E-state index in [-0.39, 0.29) is 5.91 Å². The standard InChI is InChI=1S/C15H13N3OS2/c16-7-9-1-2-12(11(17)5-9)18-15(19)14-6-10-8-20-4-3-13(10)21-14/h1-2,5-6H,3-4,8,17H2,(H,18,19). The van der Waals surface area contributed by atoms with Crippen LogP contribution < -0.4 is 11.1 Å². The second-order valence-electron chi connectivity index (χ2n) is 4.73. The molecule has 0 atom stereocenters. The number of thiophene rings is 1. The number of anilines is 2. The number of nitriles is 1. The first-order valence-electron chi connectivity index (χ1n) is 6.47. The number of carbonyl (C=O) groups excluding carboxylic acids is 1. The van der Waals surface area contributed by atoms with Gasteiger partial charge >= 0.3 is 0 Å². The minimum atomic E-state index is -0.143. The zero-order chi connectivity index (χ0) is 14.8. The highest BCUT2D eigenvalue weighted by atomic mass is 32.2. The number of nitrogens with zero attached hydrogens (tertiary/aromatic N) is 1. The summed E-state index contributed by atoms with van der Waals surface area (Å²) in [5, 5.41) is 11.6. The van der Waals surface area contributed by atoms with Gasteiger partial charge in [-0.25, -0.2) is 0 Å². The molecule has 6 heteroatoms. The molecule has 0 radical (unpaired) electrons. The number of nitrogen functional groups attached to an aromatic ring is 1. The van der Waals surface area contributed by atoms with E-state index in [4.69, 9.17) is 11.0 Å². The Morgan fingerprint density at radius 2 is 2.24 bits per heavy atom. The Balaban J connectivity index is 1.80. The molecular weight excluding hydrogens is 302 g/mol. The van der Waals surface area contributed by atoms with E-state index in [0.717, 1.165) is 17.9 Å². The van der Waals surface area contributed by atoms with E-state index in [9.17, 15) is 4.79 Å². The Kier molecular flexibility index (Phi) is 3.86. The van der Waals surface area contributed by atoms with Crippen LogP contribution in [0.25, 0.3) is 0 Å². The van der Waals surface area contributed by atoms with Crippen LogP contribution in [0.5, 0.6) is 0 Å². The predicted octanol–water partition coefficient (Wildman–Crippen LogP) is 3.24. The first kappa shape index (κ1) is 14.0. The van der Waals surface area contributed by atoms with Gasteiger partial charge in [0.25, 0.3) is 5.91 Å². The van der Waals surface area contributed by atoms with Gasteiger partial charge in [-0.2, -0.15) is 17.0 Å². The number of fused-ring (bicyclic) bond motifs is 1. The van der Waals surface area contributed by atoms with Crippen molar-refractivity contribution in [1.29, 1.82) is 5.26 Å². The minimum Gasteiger partial charge on any atom is -0.397 e. The van der Waals surface area contributed by atoms with Gasteiger partial charge in [0.15, 0.2) is 0 Å². The van der Waals surface area contributed by atoms with Crippen molar-refractivity contribution in [3.05, 3.63) is 45.1 Å². The average molecular weight is 315 g/mol. The van der Waals surface area contributed by atoms with Gasteiger partial charge in [0.2, 0.25) is 0 Å². The highest BCUT2D eigenvalue weighted by molar-refractivity contribution is 7.98. The van der Waals surface area contributed by atoms with Crippen LogP contribution in [-0.4, -0.2) is 11.7 Å². The highest BCUT2D eigenvalue weighted by Crippen LogP contribution is 2.32. The van der Waals surface area contributed by atoms with Gasteiger partial charge in [0, 0.05) is 10.6 Å². The van der Waals surface area contributed by atoms with E-state index in [2.05, 4.69) is 5.32 Å². The summed E-state index contributed by atoms with van der Waals surface area (Å²) >= 11 is 3.46. The Hall–Kier alpha value is -1.97. The zero-order valence-corrected chi connectivity index (χ0v) is 12.8. The van der Waals surface area contributed by atoms with Crippen LogP contribution in [0, 0.1) is 11.3 Å². The monoisotopic (exact) mass is 315 g/mol. The van der Waals surface area contributed by atoms with Crippen LogP contribution in [0.4, 0.5) is 11.4 Å². The molecule has 3 rings (SSSR count). The fraction of sp³-hybridized carbons (Fsp3) is 0.200. The van der Waals surface area contributed by atoms with Gasteiger partial charge in [0.1, 0.15) is 0 Å². The van der Waals surface area contributed by atoms with E-state index in [1.807, 2.05) is 23.9 Å². The lowest BCUT2D eigenvalue weighted by Gasteiger charge is -2.08. The summed E-state index contributed by atoms with van der Waals surface area (Å²) in [6, 6.07) is 8.86. The maximum Gasteiger partial charge on any atom is 0.265 e. The number of amides is 1. The fourth-order valence-electron chi connectivity index (χ4n) is 2.19. The number of benzene rings is 1. The maximum atomic E-state index is 12.3. The molecule has 0 bridgehead atoms. The number of nitrogens with two attached hydrogens (primary N) is 1. The molecule has 1 amide bonds. The van der Waals surface area contributed by atoms with Gasteiger partial charge in [-0.05, 0) is 42.0 Å².